The molecule has 0 saturated carbocycles. The Morgan fingerprint density at radius 1 is 1.21 bits per heavy atom. The fourth-order valence-corrected chi connectivity index (χ4v) is 2.33. The minimum Gasteiger partial charge on any atom is -0.479 e. The number of benzene rings is 1. The second kappa shape index (κ2) is 6.91. The van der Waals surface area contributed by atoms with E-state index in [9.17, 15) is 14.4 Å². The molecule has 0 spiro atoms. The van der Waals surface area contributed by atoms with Crippen LogP contribution in [-0.4, -0.2) is 29.2 Å². The quantitative estimate of drug-likeness (QED) is 0.820. The summed E-state index contributed by atoms with van der Waals surface area (Å²) in [5, 5.41) is 5.38. The average molecular weight is 325 g/mol. The average Bonchev–Trinajstić information content (AvgIpc) is 2.60. The third kappa shape index (κ3) is 3.57. The summed E-state index contributed by atoms with van der Waals surface area (Å²) in [6.45, 7) is -0.0978. The molecule has 1 aromatic heterocycles. The number of anilines is 2. The molecule has 0 atom stereocenters. The summed E-state index contributed by atoms with van der Waals surface area (Å²) in [7, 11) is 0. The number of nitrogens with zero attached hydrogens (tertiary/aromatic N) is 1. The molecular formula is C17H15N3O4. The molecule has 24 heavy (non-hydrogen) atoms. The summed E-state index contributed by atoms with van der Waals surface area (Å²) >= 11 is 0. The second-order valence-corrected chi connectivity index (χ2v) is 5.23. The van der Waals surface area contributed by atoms with Crippen molar-refractivity contribution in [2.24, 2.45) is 0 Å². The van der Waals surface area contributed by atoms with Gasteiger partial charge in [-0.15, -0.1) is 0 Å². The first kappa shape index (κ1) is 15.7. The Kier molecular flexibility index (Phi) is 4.51. The molecule has 3 rings (SSSR count). The number of carbonyl (C=O) groups excluding carboxylic acids is 3. The number of amides is 2. The van der Waals surface area contributed by atoms with Crippen LogP contribution in [0.3, 0.4) is 0 Å². The van der Waals surface area contributed by atoms with Crippen molar-refractivity contribution < 1.29 is 19.1 Å². The van der Waals surface area contributed by atoms with Gasteiger partial charge in [0, 0.05) is 30.8 Å². The predicted octanol–water partition coefficient (Wildman–Crippen LogP) is 2.01. The van der Waals surface area contributed by atoms with Crippen LogP contribution in [0, 0.1) is 0 Å². The molecule has 1 aliphatic heterocycles. The van der Waals surface area contributed by atoms with Gasteiger partial charge in [0.05, 0.1) is 11.4 Å². The number of ketones is 1. The van der Waals surface area contributed by atoms with Crippen molar-refractivity contribution in [3.63, 3.8) is 0 Å². The molecule has 2 heterocycles. The van der Waals surface area contributed by atoms with Gasteiger partial charge in [-0.25, -0.2) is 0 Å². The zero-order chi connectivity index (χ0) is 16.9. The highest BCUT2D eigenvalue weighted by Gasteiger charge is 2.20. The molecule has 1 aromatic carbocycles. The summed E-state index contributed by atoms with van der Waals surface area (Å²) in [4.78, 5) is 39.2. The van der Waals surface area contributed by atoms with E-state index in [1.807, 2.05) is 0 Å². The van der Waals surface area contributed by atoms with E-state index in [0.29, 0.717) is 22.7 Å². The van der Waals surface area contributed by atoms with Crippen LogP contribution in [0.2, 0.25) is 0 Å². The van der Waals surface area contributed by atoms with Gasteiger partial charge >= 0.3 is 0 Å². The lowest BCUT2D eigenvalue weighted by Gasteiger charge is -2.20. The van der Waals surface area contributed by atoms with Gasteiger partial charge in [-0.05, 0) is 24.3 Å². The number of pyridine rings is 1. The highest BCUT2D eigenvalue weighted by atomic mass is 16.5. The van der Waals surface area contributed by atoms with Crippen LogP contribution in [0.1, 0.15) is 23.2 Å². The molecule has 0 aliphatic carbocycles. The van der Waals surface area contributed by atoms with E-state index in [2.05, 4.69) is 15.6 Å². The van der Waals surface area contributed by atoms with Gasteiger partial charge in [0.1, 0.15) is 0 Å². The van der Waals surface area contributed by atoms with Crippen molar-refractivity contribution in [3.8, 4) is 5.75 Å². The molecule has 0 unspecified atom stereocenters. The highest BCUT2D eigenvalue weighted by Crippen LogP contribution is 2.35. The third-order valence-corrected chi connectivity index (χ3v) is 3.47. The van der Waals surface area contributed by atoms with Crippen molar-refractivity contribution >= 4 is 29.0 Å². The van der Waals surface area contributed by atoms with Crippen molar-refractivity contribution in [1.29, 1.82) is 0 Å². The Morgan fingerprint density at radius 3 is 2.88 bits per heavy atom. The van der Waals surface area contributed by atoms with Gasteiger partial charge < -0.3 is 15.4 Å². The molecular weight excluding hydrogens is 310 g/mol. The number of ether oxygens (including phenoxy) is 1. The van der Waals surface area contributed by atoms with Crippen LogP contribution >= 0.6 is 0 Å². The smallest absolute Gasteiger partial charge is 0.262 e. The SMILES string of the molecule is O=C(CCC(=O)c1cccnc1)Nc1cccc2c1OCC(=O)N2. The minimum absolute atomic E-state index is 0.0454. The standard InChI is InChI=1S/C17H15N3O4/c21-14(11-3-2-8-18-9-11)6-7-15(22)19-12-4-1-5-13-17(12)24-10-16(23)20-13/h1-5,8-9H,6-7,10H2,(H,19,22)(H,20,23). The van der Waals surface area contributed by atoms with Gasteiger partial charge in [-0.3, -0.25) is 19.4 Å². The number of hydrogen-bond acceptors (Lipinski definition) is 5. The van der Waals surface area contributed by atoms with Gasteiger partial charge in [0.25, 0.3) is 5.91 Å². The Hall–Kier alpha value is -3.22. The first-order valence-corrected chi connectivity index (χ1v) is 7.42. The number of aromatic nitrogens is 1. The van der Waals surface area contributed by atoms with E-state index in [4.69, 9.17) is 4.74 Å². The summed E-state index contributed by atoms with van der Waals surface area (Å²) in [5.74, 6) is -0.268. The third-order valence-electron chi connectivity index (χ3n) is 3.47. The molecule has 1 aliphatic rings. The van der Waals surface area contributed by atoms with Gasteiger partial charge in [-0.1, -0.05) is 6.07 Å². The normalized spacial score (nSPS) is 12.6. The van der Waals surface area contributed by atoms with Gasteiger partial charge in [0.2, 0.25) is 5.91 Å². The summed E-state index contributed by atoms with van der Waals surface area (Å²) < 4.78 is 5.36. The zero-order valence-electron chi connectivity index (χ0n) is 12.7. The number of rotatable bonds is 5. The Bertz CT molecular complexity index is 790. The second-order valence-electron chi connectivity index (χ2n) is 5.23. The summed E-state index contributed by atoms with van der Waals surface area (Å²) in [6, 6.07) is 8.40. The lowest BCUT2D eigenvalue weighted by Crippen LogP contribution is -2.26. The monoisotopic (exact) mass is 325 g/mol. The lowest BCUT2D eigenvalue weighted by molar-refractivity contribution is -0.118. The minimum atomic E-state index is -0.304. The molecule has 0 bridgehead atoms. The van der Waals surface area contributed by atoms with Crippen molar-refractivity contribution in [2.45, 2.75) is 12.8 Å². The number of para-hydroxylation sites is 1. The van der Waals surface area contributed by atoms with Crippen LogP contribution in [0.4, 0.5) is 11.4 Å². The van der Waals surface area contributed by atoms with Gasteiger partial charge in [0.15, 0.2) is 18.1 Å². The molecule has 2 aromatic rings. The van der Waals surface area contributed by atoms with E-state index < -0.39 is 0 Å². The van der Waals surface area contributed by atoms with Crippen LogP contribution in [0.15, 0.2) is 42.7 Å². The first-order valence-electron chi connectivity index (χ1n) is 7.42. The number of hydrogen-bond donors (Lipinski definition) is 2. The summed E-state index contributed by atoms with van der Waals surface area (Å²) in [5.41, 5.74) is 1.45. The van der Waals surface area contributed by atoms with Crippen molar-refractivity contribution in [3.05, 3.63) is 48.3 Å². The van der Waals surface area contributed by atoms with E-state index >= 15 is 0 Å². The van der Waals surface area contributed by atoms with Crippen LogP contribution in [-0.2, 0) is 9.59 Å². The number of nitrogens with one attached hydrogen (secondary N) is 2. The summed E-state index contributed by atoms with van der Waals surface area (Å²) in [6.07, 6.45) is 3.19. The van der Waals surface area contributed by atoms with E-state index in [0.717, 1.165) is 0 Å². The van der Waals surface area contributed by atoms with Crippen LogP contribution < -0.4 is 15.4 Å². The topological polar surface area (TPSA) is 97.4 Å². The van der Waals surface area contributed by atoms with Crippen LogP contribution in [0.5, 0.6) is 5.75 Å². The van der Waals surface area contributed by atoms with E-state index in [-0.39, 0.29) is 37.0 Å². The van der Waals surface area contributed by atoms with Gasteiger partial charge in [-0.2, -0.15) is 0 Å². The Balaban J connectivity index is 1.61. The fourth-order valence-electron chi connectivity index (χ4n) is 2.33. The molecule has 2 N–H and O–H groups in total. The van der Waals surface area contributed by atoms with Crippen molar-refractivity contribution in [2.75, 3.05) is 17.2 Å². The molecule has 0 radical (unpaired) electrons. The molecule has 7 nitrogen and oxygen atoms in total. The molecule has 0 fully saturated rings. The number of fused-ring (bicyclic) bond motifs is 1. The Morgan fingerprint density at radius 2 is 2.08 bits per heavy atom. The highest BCUT2D eigenvalue weighted by molar-refractivity contribution is 6.02. The van der Waals surface area contributed by atoms with E-state index in [1.165, 1.54) is 6.20 Å². The molecule has 2 amide bonds. The maximum atomic E-state index is 12.1. The lowest BCUT2D eigenvalue weighted by atomic mass is 10.1. The van der Waals surface area contributed by atoms with Crippen LogP contribution in [0.25, 0.3) is 0 Å². The number of Topliss-reactive ketones (excluding diaryl/α,β-unsaturated/α-hetero) is 1. The maximum absolute atomic E-state index is 12.1. The number of carbonyl (C=O) groups is 3. The van der Waals surface area contributed by atoms with Crippen molar-refractivity contribution in [1.82, 2.24) is 4.98 Å². The van der Waals surface area contributed by atoms with E-state index in [1.54, 1.807) is 36.5 Å². The largest absolute Gasteiger partial charge is 0.479 e. The molecule has 7 heteroatoms. The Labute approximate surface area is 138 Å². The first-order chi connectivity index (χ1) is 11.6. The predicted molar refractivity (Wildman–Crippen MR) is 87.0 cm³/mol. The zero-order valence-corrected chi connectivity index (χ0v) is 12.7. The molecule has 0 saturated heterocycles. The fraction of sp³-hybridized carbons (Fsp3) is 0.176. The molecule has 122 valence electrons. The maximum Gasteiger partial charge on any atom is 0.262 e.